The van der Waals surface area contributed by atoms with Crippen LogP contribution in [0.4, 0.5) is 4.79 Å². The summed E-state index contributed by atoms with van der Waals surface area (Å²) in [5.74, 6) is -0.244. The molecular formula is C25H34N2O4. The summed E-state index contributed by atoms with van der Waals surface area (Å²) in [7, 11) is 0. The minimum absolute atomic E-state index is 0.223. The second kappa shape index (κ2) is 12.7. The molecule has 0 atom stereocenters. The molecule has 31 heavy (non-hydrogen) atoms. The molecule has 1 N–H and O–H groups in total. The van der Waals surface area contributed by atoms with E-state index in [9.17, 15) is 9.59 Å². The quantitative estimate of drug-likeness (QED) is 0.422. The Morgan fingerprint density at radius 2 is 1.52 bits per heavy atom. The highest BCUT2D eigenvalue weighted by Crippen LogP contribution is 2.08. The first-order valence-electron chi connectivity index (χ1n) is 10.7. The molecule has 0 unspecified atom stereocenters. The molecule has 0 spiro atoms. The Balaban J connectivity index is 1.78. The van der Waals surface area contributed by atoms with Crippen LogP contribution in [0.2, 0.25) is 0 Å². The first kappa shape index (κ1) is 24.4. The van der Waals surface area contributed by atoms with E-state index < -0.39 is 11.7 Å². The van der Waals surface area contributed by atoms with E-state index in [0.29, 0.717) is 13.1 Å². The van der Waals surface area contributed by atoms with Gasteiger partial charge in [0, 0.05) is 13.1 Å². The van der Waals surface area contributed by atoms with Crippen LogP contribution in [0.5, 0.6) is 0 Å². The fourth-order valence-electron chi connectivity index (χ4n) is 2.99. The van der Waals surface area contributed by atoms with Crippen LogP contribution in [0.1, 0.15) is 44.7 Å². The van der Waals surface area contributed by atoms with E-state index in [2.05, 4.69) is 10.2 Å². The number of carbonyl (C=O) groups excluding carboxylic acids is 2. The number of carbonyl (C=O) groups is 2. The number of alkyl carbamates (subject to hydrolysis) is 1. The molecule has 0 saturated carbocycles. The van der Waals surface area contributed by atoms with Crippen LogP contribution in [0, 0.1) is 0 Å². The summed E-state index contributed by atoms with van der Waals surface area (Å²) in [4.78, 5) is 26.2. The number of hydrogen-bond donors (Lipinski definition) is 1. The maximum atomic E-state index is 12.4. The molecule has 0 saturated heterocycles. The topological polar surface area (TPSA) is 67.9 Å². The Labute approximate surface area is 185 Å². The van der Waals surface area contributed by atoms with E-state index in [4.69, 9.17) is 9.47 Å². The molecule has 2 rings (SSSR count). The lowest BCUT2D eigenvalue weighted by molar-refractivity contribution is -0.146. The van der Waals surface area contributed by atoms with Crippen LogP contribution < -0.4 is 5.32 Å². The van der Waals surface area contributed by atoms with E-state index in [-0.39, 0.29) is 19.1 Å². The fourth-order valence-corrected chi connectivity index (χ4v) is 2.99. The van der Waals surface area contributed by atoms with Gasteiger partial charge in [0.2, 0.25) is 0 Å². The second-order valence-corrected chi connectivity index (χ2v) is 8.48. The monoisotopic (exact) mass is 426 g/mol. The normalized spacial score (nSPS) is 11.2. The lowest BCUT2D eigenvalue weighted by Crippen LogP contribution is -2.34. The predicted octanol–water partition coefficient (Wildman–Crippen LogP) is 4.54. The molecule has 6 nitrogen and oxygen atoms in total. The van der Waals surface area contributed by atoms with Gasteiger partial charge in [-0.2, -0.15) is 0 Å². The lowest BCUT2D eigenvalue weighted by Gasteiger charge is -2.22. The van der Waals surface area contributed by atoms with Crippen LogP contribution >= 0.6 is 0 Å². The number of amides is 1. The van der Waals surface area contributed by atoms with Crippen LogP contribution in [0.25, 0.3) is 0 Å². The van der Waals surface area contributed by atoms with Crippen molar-refractivity contribution in [2.24, 2.45) is 0 Å². The van der Waals surface area contributed by atoms with E-state index in [0.717, 1.165) is 30.5 Å². The highest BCUT2D eigenvalue weighted by molar-refractivity contribution is 5.71. The lowest BCUT2D eigenvalue weighted by atomic mass is 10.2. The van der Waals surface area contributed by atoms with Crippen molar-refractivity contribution >= 4 is 12.1 Å². The van der Waals surface area contributed by atoms with Gasteiger partial charge in [0.1, 0.15) is 12.2 Å². The molecule has 168 valence electrons. The first-order chi connectivity index (χ1) is 14.8. The number of nitrogens with zero attached hydrogens (tertiary/aromatic N) is 1. The van der Waals surface area contributed by atoms with Crippen molar-refractivity contribution in [3.8, 4) is 0 Å². The number of hydrogen-bond acceptors (Lipinski definition) is 5. The van der Waals surface area contributed by atoms with Crippen LogP contribution in [0.3, 0.4) is 0 Å². The van der Waals surface area contributed by atoms with Gasteiger partial charge in [0.15, 0.2) is 0 Å². The van der Waals surface area contributed by atoms with Crippen molar-refractivity contribution in [3.63, 3.8) is 0 Å². The molecule has 0 aromatic heterocycles. The van der Waals surface area contributed by atoms with Crippen molar-refractivity contribution in [1.82, 2.24) is 10.2 Å². The van der Waals surface area contributed by atoms with Gasteiger partial charge in [-0.05, 0) is 51.3 Å². The Morgan fingerprint density at radius 1 is 0.903 bits per heavy atom. The van der Waals surface area contributed by atoms with Gasteiger partial charge in [-0.3, -0.25) is 9.69 Å². The maximum Gasteiger partial charge on any atom is 0.407 e. The SMILES string of the molecule is CC(C)(C)OC(=O)NCCCCN(CC(=O)OCc1ccccc1)Cc1ccccc1. The number of rotatable bonds is 11. The minimum atomic E-state index is -0.503. The van der Waals surface area contributed by atoms with Crippen molar-refractivity contribution < 1.29 is 19.1 Å². The summed E-state index contributed by atoms with van der Waals surface area (Å²) in [5.41, 5.74) is 1.61. The van der Waals surface area contributed by atoms with Crippen LogP contribution in [-0.2, 0) is 27.4 Å². The molecule has 6 heteroatoms. The molecule has 0 heterocycles. The predicted molar refractivity (Wildman–Crippen MR) is 121 cm³/mol. The first-order valence-corrected chi connectivity index (χ1v) is 10.7. The zero-order valence-corrected chi connectivity index (χ0v) is 18.8. The summed E-state index contributed by atoms with van der Waals surface area (Å²) in [6.07, 6.45) is 1.23. The Hall–Kier alpha value is -2.86. The van der Waals surface area contributed by atoms with Gasteiger partial charge in [-0.15, -0.1) is 0 Å². The van der Waals surface area contributed by atoms with Gasteiger partial charge in [-0.1, -0.05) is 60.7 Å². The minimum Gasteiger partial charge on any atom is -0.460 e. The molecule has 1 amide bonds. The molecule has 0 bridgehead atoms. The Bertz CT molecular complexity index is 788. The molecule has 0 fully saturated rings. The summed E-state index contributed by atoms with van der Waals surface area (Å²) >= 11 is 0. The van der Waals surface area contributed by atoms with Crippen LogP contribution in [-0.4, -0.2) is 42.2 Å². The molecule has 0 aliphatic heterocycles. The van der Waals surface area contributed by atoms with Gasteiger partial charge < -0.3 is 14.8 Å². The number of esters is 1. The van der Waals surface area contributed by atoms with Crippen molar-refractivity contribution in [2.75, 3.05) is 19.6 Å². The highest BCUT2D eigenvalue weighted by Gasteiger charge is 2.16. The average Bonchev–Trinajstić information content (AvgIpc) is 2.72. The van der Waals surface area contributed by atoms with E-state index in [1.807, 2.05) is 81.4 Å². The van der Waals surface area contributed by atoms with Gasteiger partial charge in [0.05, 0.1) is 6.54 Å². The molecule has 2 aromatic rings. The third-order valence-electron chi connectivity index (χ3n) is 4.41. The second-order valence-electron chi connectivity index (χ2n) is 8.48. The van der Waals surface area contributed by atoms with Crippen molar-refractivity contribution in [1.29, 1.82) is 0 Å². The van der Waals surface area contributed by atoms with Crippen LogP contribution in [0.15, 0.2) is 60.7 Å². The molecule has 0 aliphatic rings. The third-order valence-corrected chi connectivity index (χ3v) is 4.41. The fraction of sp³-hybridized carbons (Fsp3) is 0.440. The average molecular weight is 427 g/mol. The highest BCUT2D eigenvalue weighted by atomic mass is 16.6. The Morgan fingerprint density at radius 3 is 2.13 bits per heavy atom. The Kier molecular flexibility index (Phi) is 10.0. The van der Waals surface area contributed by atoms with E-state index >= 15 is 0 Å². The standard InChI is InChI=1S/C25H34N2O4/c1-25(2,3)31-24(29)26-16-10-11-17-27(18-21-12-6-4-7-13-21)19-23(28)30-20-22-14-8-5-9-15-22/h4-9,12-15H,10-11,16-20H2,1-3H3,(H,26,29). The van der Waals surface area contributed by atoms with Crippen molar-refractivity contribution in [2.45, 2.75) is 52.4 Å². The van der Waals surface area contributed by atoms with Gasteiger partial charge in [-0.25, -0.2) is 4.79 Å². The summed E-state index contributed by atoms with van der Waals surface area (Å²) in [6, 6.07) is 19.7. The molecule has 0 radical (unpaired) electrons. The van der Waals surface area contributed by atoms with Gasteiger partial charge in [0.25, 0.3) is 0 Å². The van der Waals surface area contributed by atoms with Crippen molar-refractivity contribution in [3.05, 3.63) is 71.8 Å². The number of ether oxygens (including phenoxy) is 2. The number of nitrogens with one attached hydrogen (secondary N) is 1. The smallest absolute Gasteiger partial charge is 0.407 e. The van der Waals surface area contributed by atoms with Gasteiger partial charge >= 0.3 is 12.1 Å². The number of benzene rings is 2. The zero-order valence-electron chi connectivity index (χ0n) is 18.8. The third kappa shape index (κ3) is 11.2. The molecule has 0 aliphatic carbocycles. The largest absolute Gasteiger partial charge is 0.460 e. The molecule has 2 aromatic carbocycles. The van der Waals surface area contributed by atoms with E-state index in [1.54, 1.807) is 0 Å². The zero-order chi connectivity index (χ0) is 22.5. The van der Waals surface area contributed by atoms with E-state index in [1.165, 1.54) is 0 Å². The summed E-state index contributed by atoms with van der Waals surface area (Å²) in [5, 5.41) is 2.77. The maximum absolute atomic E-state index is 12.4. The number of unbranched alkanes of at least 4 members (excludes halogenated alkanes) is 1. The summed E-state index contributed by atoms with van der Waals surface area (Å²) < 4.78 is 10.7. The molecular weight excluding hydrogens is 392 g/mol. The summed E-state index contributed by atoms with van der Waals surface area (Å²) in [6.45, 7) is 7.94.